The van der Waals surface area contributed by atoms with Crippen molar-refractivity contribution in [1.82, 2.24) is 5.43 Å². The largest absolute Gasteiger partial charge is 0.493 e. The minimum Gasteiger partial charge on any atom is -0.493 e. The molecule has 1 heterocycles. The third-order valence-corrected chi connectivity index (χ3v) is 3.72. The number of hydrogen-bond donors (Lipinski definition) is 1. The summed E-state index contributed by atoms with van der Waals surface area (Å²) in [4.78, 5) is 22.4. The Morgan fingerprint density at radius 2 is 1.93 bits per heavy atom. The van der Waals surface area contributed by atoms with E-state index in [-0.39, 0.29) is 11.4 Å². The van der Waals surface area contributed by atoms with Gasteiger partial charge in [-0.25, -0.2) is 5.43 Å². The average Bonchev–Trinajstić information content (AvgIpc) is 3.11. The van der Waals surface area contributed by atoms with Gasteiger partial charge < -0.3 is 13.9 Å². The van der Waals surface area contributed by atoms with Crippen LogP contribution in [0.25, 0.3) is 11.0 Å². The Morgan fingerprint density at radius 3 is 2.63 bits per heavy atom. The van der Waals surface area contributed by atoms with Crippen LogP contribution in [0.2, 0.25) is 0 Å². The molecule has 1 aromatic heterocycles. The number of hydrogen-bond acceptors (Lipinski definition) is 7. The third kappa shape index (κ3) is 3.87. The van der Waals surface area contributed by atoms with E-state index in [0.29, 0.717) is 28.0 Å². The van der Waals surface area contributed by atoms with E-state index in [9.17, 15) is 14.9 Å². The van der Waals surface area contributed by atoms with Crippen LogP contribution >= 0.6 is 0 Å². The van der Waals surface area contributed by atoms with E-state index in [1.807, 2.05) is 0 Å². The first-order chi connectivity index (χ1) is 13.0. The molecule has 0 saturated heterocycles. The maximum Gasteiger partial charge on any atom is 0.307 e. The quantitative estimate of drug-likeness (QED) is 0.405. The van der Waals surface area contributed by atoms with Gasteiger partial charge in [-0.05, 0) is 35.9 Å². The molecule has 138 valence electrons. The van der Waals surface area contributed by atoms with E-state index in [0.717, 1.165) is 0 Å². The molecule has 1 amide bonds. The molecule has 27 heavy (non-hydrogen) atoms. The summed E-state index contributed by atoms with van der Waals surface area (Å²) in [5.41, 5.74) is 3.32. The fourth-order valence-corrected chi connectivity index (χ4v) is 2.41. The molecule has 0 bridgehead atoms. The predicted octanol–water partition coefficient (Wildman–Crippen LogP) is 3.12. The molecule has 0 unspecified atom stereocenters. The summed E-state index contributed by atoms with van der Waals surface area (Å²) in [6.45, 7) is 0. The Morgan fingerprint density at radius 1 is 1.15 bits per heavy atom. The van der Waals surface area contributed by atoms with E-state index in [1.165, 1.54) is 44.7 Å². The summed E-state index contributed by atoms with van der Waals surface area (Å²) >= 11 is 0. The summed E-state index contributed by atoms with van der Waals surface area (Å²) in [6.07, 6.45) is 1.44. The van der Waals surface area contributed by atoms with Crippen LogP contribution in [-0.4, -0.2) is 31.3 Å². The summed E-state index contributed by atoms with van der Waals surface area (Å²) in [5.74, 6) is 0.530. The molecule has 3 aromatic rings. The maximum atomic E-state index is 12.1. The minimum absolute atomic E-state index is 0.00467. The number of nitrogens with zero attached hydrogens (tertiary/aromatic N) is 2. The van der Waals surface area contributed by atoms with Crippen LogP contribution < -0.4 is 14.9 Å². The minimum atomic E-state index is -0.578. The highest BCUT2D eigenvalue weighted by Gasteiger charge is 2.14. The van der Waals surface area contributed by atoms with Crippen LogP contribution in [0.15, 0.2) is 52.0 Å². The number of hydrazone groups is 1. The number of nitro benzene ring substituents is 1. The van der Waals surface area contributed by atoms with Crippen molar-refractivity contribution in [2.45, 2.75) is 0 Å². The number of methoxy groups -OCH3 is 2. The molecule has 0 spiro atoms. The second-order valence-corrected chi connectivity index (χ2v) is 5.40. The van der Waals surface area contributed by atoms with Crippen molar-refractivity contribution in [3.63, 3.8) is 0 Å². The normalized spacial score (nSPS) is 10.9. The second-order valence-electron chi connectivity index (χ2n) is 5.40. The maximum absolute atomic E-state index is 12.1. The van der Waals surface area contributed by atoms with Crippen LogP contribution in [0, 0.1) is 10.1 Å². The van der Waals surface area contributed by atoms with Gasteiger partial charge in [0.1, 0.15) is 5.58 Å². The highest BCUT2D eigenvalue weighted by molar-refractivity contribution is 5.97. The van der Waals surface area contributed by atoms with Crippen molar-refractivity contribution in [3.8, 4) is 11.5 Å². The molecule has 0 aliphatic heterocycles. The van der Waals surface area contributed by atoms with Crippen LogP contribution in [0.5, 0.6) is 11.5 Å². The van der Waals surface area contributed by atoms with Gasteiger partial charge in [0.15, 0.2) is 17.3 Å². The number of amides is 1. The molecule has 0 radical (unpaired) electrons. The number of fused-ring (bicyclic) bond motifs is 1. The van der Waals surface area contributed by atoms with E-state index >= 15 is 0 Å². The first-order valence-electron chi connectivity index (χ1n) is 7.75. The SMILES string of the molecule is COc1ccc(/C=N\NC(=O)c2cc3cc([N+](=O)[O-])ccc3o2)cc1OC. The second kappa shape index (κ2) is 7.56. The molecule has 0 saturated carbocycles. The van der Waals surface area contributed by atoms with Crippen LogP contribution in [0.3, 0.4) is 0 Å². The Bertz CT molecular complexity index is 1040. The van der Waals surface area contributed by atoms with Crippen molar-refractivity contribution in [1.29, 1.82) is 0 Å². The predicted molar refractivity (Wildman–Crippen MR) is 97.5 cm³/mol. The molecule has 9 nitrogen and oxygen atoms in total. The van der Waals surface area contributed by atoms with Crippen LogP contribution in [0.4, 0.5) is 5.69 Å². The highest BCUT2D eigenvalue weighted by Crippen LogP contribution is 2.27. The Labute approximate surface area is 153 Å². The van der Waals surface area contributed by atoms with E-state index in [1.54, 1.807) is 18.2 Å². The molecular weight excluding hydrogens is 354 g/mol. The molecular formula is C18H15N3O6. The van der Waals surface area contributed by atoms with Gasteiger partial charge in [0, 0.05) is 17.5 Å². The van der Waals surface area contributed by atoms with Crippen LogP contribution in [-0.2, 0) is 0 Å². The van der Waals surface area contributed by atoms with Crippen molar-refractivity contribution in [2.24, 2.45) is 5.10 Å². The fraction of sp³-hybridized carbons (Fsp3) is 0.111. The Hall–Kier alpha value is -3.88. The lowest BCUT2D eigenvalue weighted by Crippen LogP contribution is -2.16. The highest BCUT2D eigenvalue weighted by atomic mass is 16.6. The van der Waals surface area contributed by atoms with Gasteiger partial charge in [-0.3, -0.25) is 14.9 Å². The van der Waals surface area contributed by atoms with Gasteiger partial charge >= 0.3 is 5.91 Å². The zero-order valence-corrected chi connectivity index (χ0v) is 14.5. The van der Waals surface area contributed by atoms with Gasteiger partial charge in [0.05, 0.1) is 25.4 Å². The van der Waals surface area contributed by atoms with Crippen molar-refractivity contribution >= 4 is 28.8 Å². The summed E-state index contributed by atoms with van der Waals surface area (Å²) < 4.78 is 15.7. The first-order valence-corrected chi connectivity index (χ1v) is 7.75. The van der Waals surface area contributed by atoms with E-state index in [4.69, 9.17) is 13.9 Å². The lowest BCUT2D eigenvalue weighted by atomic mass is 10.2. The number of nitrogens with one attached hydrogen (secondary N) is 1. The summed E-state index contributed by atoms with van der Waals surface area (Å²) in [5, 5.41) is 15.1. The average molecular weight is 369 g/mol. The number of nitro groups is 1. The van der Waals surface area contributed by atoms with Gasteiger partial charge in [0.2, 0.25) is 0 Å². The zero-order chi connectivity index (χ0) is 19.4. The standard InChI is InChI=1S/C18H15N3O6/c1-25-15-5-3-11(7-16(15)26-2)10-19-20-18(22)17-9-12-8-13(21(23)24)4-6-14(12)27-17/h3-10H,1-2H3,(H,20,22)/b19-10-. The fourth-order valence-electron chi connectivity index (χ4n) is 2.41. The smallest absolute Gasteiger partial charge is 0.307 e. The van der Waals surface area contributed by atoms with Crippen molar-refractivity contribution in [2.75, 3.05) is 14.2 Å². The molecule has 2 aromatic carbocycles. The zero-order valence-electron chi connectivity index (χ0n) is 14.5. The molecule has 9 heteroatoms. The van der Waals surface area contributed by atoms with E-state index < -0.39 is 10.8 Å². The van der Waals surface area contributed by atoms with Gasteiger partial charge in [-0.2, -0.15) is 5.10 Å². The third-order valence-electron chi connectivity index (χ3n) is 3.72. The monoisotopic (exact) mass is 369 g/mol. The van der Waals surface area contributed by atoms with Gasteiger partial charge in [-0.15, -0.1) is 0 Å². The lowest BCUT2D eigenvalue weighted by Gasteiger charge is -2.07. The van der Waals surface area contributed by atoms with Gasteiger partial charge in [0.25, 0.3) is 5.69 Å². The number of carbonyl (C=O) groups is 1. The van der Waals surface area contributed by atoms with Crippen LogP contribution in [0.1, 0.15) is 16.1 Å². The molecule has 0 atom stereocenters. The number of non-ortho nitro benzene ring substituents is 1. The van der Waals surface area contributed by atoms with E-state index in [2.05, 4.69) is 10.5 Å². The Balaban J connectivity index is 1.73. The summed E-state index contributed by atoms with van der Waals surface area (Å²) in [7, 11) is 3.06. The van der Waals surface area contributed by atoms with Gasteiger partial charge in [-0.1, -0.05) is 0 Å². The molecule has 0 fully saturated rings. The number of carbonyl (C=O) groups excluding carboxylic acids is 1. The number of furan rings is 1. The van der Waals surface area contributed by atoms with Crippen molar-refractivity contribution in [3.05, 3.63) is 63.9 Å². The van der Waals surface area contributed by atoms with Crippen molar-refractivity contribution < 1.29 is 23.6 Å². The topological polar surface area (TPSA) is 116 Å². The molecule has 0 aliphatic rings. The molecule has 3 rings (SSSR count). The molecule has 0 aliphatic carbocycles. The Kier molecular flexibility index (Phi) is 5.02. The number of rotatable bonds is 6. The number of benzene rings is 2. The molecule has 1 N–H and O–H groups in total. The number of ether oxygens (including phenoxy) is 2. The first kappa shape index (κ1) is 17.9. The summed E-state index contributed by atoms with van der Waals surface area (Å²) in [6, 6.07) is 10.7. The lowest BCUT2D eigenvalue weighted by molar-refractivity contribution is -0.384.